The monoisotopic (exact) mass is 499 g/mol. The quantitative estimate of drug-likeness (QED) is 0.398. The molecule has 0 heterocycles. The summed E-state index contributed by atoms with van der Waals surface area (Å²) in [5, 5.41) is 24.5. The highest BCUT2D eigenvalue weighted by Crippen LogP contribution is 2.68. The van der Waals surface area contributed by atoms with Crippen molar-refractivity contribution < 1.29 is 28.0 Å². The molecular formula is C26H45NO6S. The number of aliphatic hydroxyl groups excluding tert-OH is 2. The third kappa shape index (κ3) is 4.81. The van der Waals surface area contributed by atoms with Gasteiger partial charge < -0.3 is 15.5 Å². The lowest BCUT2D eigenvalue weighted by Crippen LogP contribution is -2.58. The van der Waals surface area contributed by atoms with Crippen molar-refractivity contribution in [3.63, 3.8) is 0 Å². The number of carbonyl (C=O) groups is 1. The molecule has 4 saturated carbocycles. The van der Waals surface area contributed by atoms with Crippen LogP contribution in [0.4, 0.5) is 0 Å². The summed E-state index contributed by atoms with van der Waals surface area (Å²) < 4.78 is 30.5. The van der Waals surface area contributed by atoms with E-state index in [-0.39, 0.29) is 35.5 Å². The molecule has 4 N–H and O–H groups in total. The van der Waals surface area contributed by atoms with E-state index in [1.165, 1.54) is 12.8 Å². The van der Waals surface area contributed by atoms with Crippen LogP contribution in [0, 0.1) is 46.3 Å². The van der Waals surface area contributed by atoms with Crippen molar-refractivity contribution in [2.75, 3.05) is 12.3 Å². The van der Waals surface area contributed by atoms with Gasteiger partial charge in [0.15, 0.2) is 0 Å². The molecule has 1 amide bonds. The van der Waals surface area contributed by atoms with Gasteiger partial charge in [-0.3, -0.25) is 9.35 Å². The Bertz CT molecular complexity index is 863. The van der Waals surface area contributed by atoms with Crippen molar-refractivity contribution in [1.82, 2.24) is 5.32 Å². The predicted molar refractivity (Wildman–Crippen MR) is 130 cm³/mol. The van der Waals surface area contributed by atoms with Gasteiger partial charge in [0.25, 0.3) is 10.1 Å². The summed E-state index contributed by atoms with van der Waals surface area (Å²) in [4.78, 5) is 12.2. The Morgan fingerprint density at radius 1 is 1.06 bits per heavy atom. The second kappa shape index (κ2) is 9.64. The fourth-order valence-corrected chi connectivity index (χ4v) is 9.49. The summed E-state index contributed by atoms with van der Waals surface area (Å²) in [7, 11) is -4.07. The molecule has 34 heavy (non-hydrogen) atoms. The lowest BCUT2D eigenvalue weighted by molar-refractivity contribution is -0.174. The Morgan fingerprint density at radius 2 is 1.79 bits per heavy atom. The topological polar surface area (TPSA) is 124 Å². The van der Waals surface area contributed by atoms with E-state index in [1.807, 2.05) is 0 Å². The Hall–Kier alpha value is -0.700. The number of carbonyl (C=O) groups excluding carboxylic acids is 1. The molecule has 7 nitrogen and oxygen atoms in total. The third-order valence-corrected chi connectivity index (χ3v) is 11.7. The normalized spacial score (nSPS) is 45.1. The van der Waals surface area contributed by atoms with Crippen molar-refractivity contribution in [2.45, 2.75) is 97.2 Å². The average molecular weight is 500 g/mol. The molecule has 0 aliphatic heterocycles. The Balaban J connectivity index is 1.40. The maximum absolute atomic E-state index is 12.2. The van der Waals surface area contributed by atoms with Crippen LogP contribution in [0.1, 0.15) is 85.0 Å². The molecule has 0 aromatic heterocycles. The molecule has 0 unspecified atom stereocenters. The highest BCUT2D eigenvalue weighted by molar-refractivity contribution is 7.85. The van der Waals surface area contributed by atoms with Crippen molar-refractivity contribution in [3.8, 4) is 0 Å². The highest BCUT2D eigenvalue weighted by Gasteiger charge is 2.63. The van der Waals surface area contributed by atoms with E-state index < -0.39 is 15.9 Å². The third-order valence-electron chi connectivity index (χ3n) is 11.0. The average Bonchev–Trinajstić information content (AvgIpc) is 3.11. The van der Waals surface area contributed by atoms with Crippen molar-refractivity contribution in [1.29, 1.82) is 0 Å². The first-order chi connectivity index (χ1) is 15.9. The SMILES string of the molecule is C[C@H](CCC(=O)NCCS(=O)(=O)O)[C@H]1CC[C@H]2[C@@H]3CC[C@H]4C[C@@H](O)CC[C@]4(C)[C@H]3C[C@H](O)[C@]12C. The van der Waals surface area contributed by atoms with Crippen LogP contribution in [-0.4, -0.2) is 53.6 Å². The minimum atomic E-state index is -4.07. The molecule has 0 bridgehead atoms. The molecule has 10 atom stereocenters. The van der Waals surface area contributed by atoms with Gasteiger partial charge in [-0.2, -0.15) is 8.42 Å². The van der Waals surface area contributed by atoms with Crippen LogP contribution in [0.5, 0.6) is 0 Å². The molecule has 8 heteroatoms. The molecule has 4 fully saturated rings. The van der Waals surface area contributed by atoms with Crippen LogP contribution in [0.2, 0.25) is 0 Å². The van der Waals surface area contributed by atoms with E-state index in [0.29, 0.717) is 48.3 Å². The zero-order valence-corrected chi connectivity index (χ0v) is 21.9. The van der Waals surface area contributed by atoms with Gasteiger partial charge in [-0.25, -0.2) is 0 Å². The highest BCUT2D eigenvalue weighted by atomic mass is 32.2. The summed E-state index contributed by atoms with van der Waals surface area (Å²) in [6, 6.07) is 0. The number of aliphatic hydroxyl groups is 2. The molecule has 196 valence electrons. The van der Waals surface area contributed by atoms with Crippen LogP contribution in [0.3, 0.4) is 0 Å². The minimum absolute atomic E-state index is 0.0756. The summed E-state index contributed by atoms with van der Waals surface area (Å²) >= 11 is 0. The summed E-state index contributed by atoms with van der Waals surface area (Å²) in [6.45, 7) is 6.86. The van der Waals surface area contributed by atoms with Crippen molar-refractivity contribution >= 4 is 16.0 Å². The van der Waals surface area contributed by atoms with Gasteiger partial charge in [0.05, 0.1) is 18.0 Å². The van der Waals surface area contributed by atoms with E-state index in [1.54, 1.807) is 0 Å². The maximum Gasteiger partial charge on any atom is 0.266 e. The first-order valence-corrected chi connectivity index (χ1v) is 15.0. The molecule has 4 aliphatic rings. The molecule has 0 spiro atoms. The molecule has 4 rings (SSSR count). The van der Waals surface area contributed by atoms with Crippen molar-refractivity contribution in [2.24, 2.45) is 46.3 Å². The number of amides is 1. The fourth-order valence-electron chi connectivity index (χ4n) is 9.13. The van der Waals surface area contributed by atoms with Gasteiger partial charge in [0.2, 0.25) is 5.91 Å². The largest absolute Gasteiger partial charge is 0.393 e. The van der Waals surface area contributed by atoms with E-state index in [9.17, 15) is 23.4 Å². The second-order valence-electron chi connectivity index (χ2n) is 12.5. The zero-order valence-electron chi connectivity index (χ0n) is 21.1. The van der Waals surface area contributed by atoms with Gasteiger partial charge in [0.1, 0.15) is 0 Å². The standard InChI is InChI=1S/C26H45NO6S/c1-16(4-9-24(30)27-12-13-34(31,32)33)20-7-8-21-19-6-5-17-14-18(28)10-11-25(17,2)22(19)15-23(29)26(20,21)3/h16-23,28-29H,4-15H2,1-3H3,(H,27,30)(H,31,32,33)/t16-,17+,18+,19+,20-,21+,22+,23+,25+,26-/m1/s1. The number of hydrogen-bond donors (Lipinski definition) is 4. The maximum atomic E-state index is 12.2. The molecule has 0 aromatic rings. The molecule has 0 aromatic carbocycles. The van der Waals surface area contributed by atoms with Crippen molar-refractivity contribution in [3.05, 3.63) is 0 Å². The predicted octanol–water partition coefficient (Wildman–Crippen LogP) is 3.40. The Labute approximate surface area is 205 Å². The minimum Gasteiger partial charge on any atom is -0.393 e. The molecule has 4 aliphatic carbocycles. The van der Waals surface area contributed by atoms with Gasteiger partial charge in [-0.1, -0.05) is 20.8 Å². The smallest absolute Gasteiger partial charge is 0.266 e. The van der Waals surface area contributed by atoms with Crippen LogP contribution >= 0.6 is 0 Å². The van der Waals surface area contributed by atoms with Crippen LogP contribution in [-0.2, 0) is 14.9 Å². The van der Waals surface area contributed by atoms with Crippen LogP contribution in [0.25, 0.3) is 0 Å². The van der Waals surface area contributed by atoms with E-state index in [2.05, 4.69) is 26.1 Å². The second-order valence-corrected chi connectivity index (χ2v) is 14.1. The van der Waals surface area contributed by atoms with Crippen LogP contribution < -0.4 is 5.32 Å². The van der Waals surface area contributed by atoms with E-state index in [4.69, 9.17) is 4.55 Å². The number of fused-ring (bicyclic) bond motifs is 5. The molecule has 0 saturated heterocycles. The van der Waals surface area contributed by atoms with Gasteiger partial charge in [-0.05, 0) is 104 Å². The summed E-state index contributed by atoms with van der Waals surface area (Å²) in [5.74, 6) is 2.28. The van der Waals surface area contributed by atoms with Gasteiger partial charge in [-0.15, -0.1) is 0 Å². The zero-order chi connectivity index (χ0) is 24.9. The fraction of sp³-hybridized carbons (Fsp3) is 0.962. The molecule has 0 radical (unpaired) electrons. The molecular weight excluding hydrogens is 454 g/mol. The number of rotatable bonds is 7. The number of hydrogen-bond acceptors (Lipinski definition) is 5. The summed E-state index contributed by atoms with van der Waals surface area (Å²) in [6.07, 6.45) is 8.93. The lowest BCUT2D eigenvalue weighted by Gasteiger charge is -2.62. The van der Waals surface area contributed by atoms with E-state index in [0.717, 1.165) is 38.5 Å². The number of nitrogens with one attached hydrogen (secondary N) is 1. The first-order valence-electron chi connectivity index (χ1n) is 13.4. The van der Waals surface area contributed by atoms with Gasteiger partial charge >= 0.3 is 0 Å². The first kappa shape index (κ1) is 26.4. The van der Waals surface area contributed by atoms with Gasteiger partial charge in [0, 0.05) is 13.0 Å². The Morgan fingerprint density at radius 3 is 2.50 bits per heavy atom. The van der Waals surface area contributed by atoms with E-state index >= 15 is 0 Å². The van der Waals surface area contributed by atoms with Crippen LogP contribution in [0.15, 0.2) is 0 Å². The Kier molecular flexibility index (Phi) is 7.47. The lowest BCUT2D eigenvalue weighted by atomic mass is 9.43. The summed E-state index contributed by atoms with van der Waals surface area (Å²) in [5.41, 5.74) is 0.105.